The van der Waals surface area contributed by atoms with Crippen molar-refractivity contribution in [2.75, 3.05) is 19.0 Å². The van der Waals surface area contributed by atoms with E-state index in [1.807, 2.05) is 5.38 Å². The van der Waals surface area contributed by atoms with Gasteiger partial charge in [0.1, 0.15) is 11.9 Å². The minimum atomic E-state index is -0.871. The molecule has 2 amide bonds. The lowest BCUT2D eigenvalue weighted by Crippen LogP contribution is -2.37. The number of aliphatic hydroxyl groups is 1. The number of benzene rings is 1. The first-order chi connectivity index (χ1) is 11.0. The summed E-state index contributed by atoms with van der Waals surface area (Å²) in [4.78, 5) is 24.4. The molecule has 1 aromatic heterocycles. The first kappa shape index (κ1) is 17.3. The van der Waals surface area contributed by atoms with Crippen molar-refractivity contribution in [3.05, 3.63) is 45.6 Å². The van der Waals surface area contributed by atoms with E-state index in [9.17, 15) is 14.7 Å². The summed E-state index contributed by atoms with van der Waals surface area (Å²) in [6, 6.07) is 8.21. The molecular weight excluding hydrogens is 340 g/mol. The third-order valence-corrected chi connectivity index (χ3v) is 4.15. The lowest BCUT2D eigenvalue weighted by atomic mass is 10.2. The first-order valence-corrected chi connectivity index (χ1v) is 7.91. The van der Waals surface area contributed by atoms with E-state index < -0.39 is 17.9 Å². The number of amides is 2. The van der Waals surface area contributed by atoms with Crippen LogP contribution in [-0.4, -0.2) is 30.6 Å². The summed E-state index contributed by atoms with van der Waals surface area (Å²) in [5.41, 5.74) is 0.291. The Labute approximate surface area is 142 Å². The number of carbonyl (C=O) groups excluding carboxylic acids is 2. The highest BCUT2D eigenvalue weighted by Gasteiger charge is 2.18. The Morgan fingerprint density at radius 3 is 2.78 bits per heavy atom. The molecule has 6 nitrogen and oxygen atoms in total. The number of nitrogens with one attached hydrogen (secondary N) is 2. The molecule has 0 aliphatic rings. The summed E-state index contributed by atoms with van der Waals surface area (Å²) in [5, 5.41) is 16.9. The fourth-order valence-corrected chi connectivity index (χ4v) is 2.69. The van der Waals surface area contributed by atoms with Gasteiger partial charge in [0.15, 0.2) is 0 Å². The second kappa shape index (κ2) is 7.96. The van der Waals surface area contributed by atoms with Crippen LogP contribution in [0, 0.1) is 0 Å². The molecule has 0 fully saturated rings. The lowest BCUT2D eigenvalue weighted by Gasteiger charge is -2.12. The van der Waals surface area contributed by atoms with Gasteiger partial charge in [-0.15, -0.1) is 11.3 Å². The molecule has 1 aromatic carbocycles. The summed E-state index contributed by atoms with van der Waals surface area (Å²) < 4.78 is 5.08. The van der Waals surface area contributed by atoms with Gasteiger partial charge in [0, 0.05) is 16.4 Å². The standard InChI is InChI=1S/C15H15ClN2O4S/c1-22-12-5-4-9(16)7-10(12)18-15(21)14(20)17-8-11(19)13-3-2-6-23-13/h2-7,11,19H,8H2,1H3,(H,17,20)(H,18,21). The number of anilines is 1. The van der Waals surface area contributed by atoms with Crippen molar-refractivity contribution in [1.29, 1.82) is 0 Å². The maximum Gasteiger partial charge on any atom is 0.313 e. The largest absolute Gasteiger partial charge is 0.495 e. The van der Waals surface area contributed by atoms with Crippen LogP contribution in [0.2, 0.25) is 5.02 Å². The molecule has 0 radical (unpaired) electrons. The third kappa shape index (κ3) is 4.69. The molecule has 2 rings (SSSR count). The lowest BCUT2D eigenvalue weighted by molar-refractivity contribution is -0.136. The smallest absolute Gasteiger partial charge is 0.313 e. The summed E-state index contributed by atoms with van der Waals surface area (Å²) >= 11 is 7.22. The predicted octanol–water partition coefficient (Wildman–Crippen LogP) is 2.20. The summed E-state index contributed by atoms with van der Waals surface area (Å²) in [5.74, 6) is -1.35. The molecule has 1 heterocycles. The van der Waals surface area contributed by atoms with Gasteiger partial charge in [-0.25, -0.2) is 0 Å². The van der Waals surface area contributed by atoms with E-state index in [2.05, 4.69) is 10.6 Å². The number of methoxy groups -OCH3 is 1. The molecule has 23 heavy (non-hydrogen) atoms. The Kier molecular flexibility index (Phi) is 5.97. The molecule has 0 aliphatic carbocycles. The predicted molar refractivity (Wildman–Crippen MR) is 88.9 cm³/mol. The molecule has 2 aromatic rings. The summed E-state index contributed by atoms with van der Waals surface area (Å²) in [7, 11) is 1.44. The van der Waals surface area contributed by atoms with Crippen molar-refractivity contribution in [3.8, 4) is 5.75 Å². The Balaban J connectivity index is 1.93. The molecule has 1 atom stereocenters. The Morgan fingerprint density at radius 2 is 2.13 bits per heavy atom. The number of halogens is 1. The molecular formula is C15H15ClN2O4S. The number of ether oxygens (including phenoxy) is 1. The van der Waals surface area contributed by atoms with E-state index in [1.165, 1.54) is 24.5 Å². The molecule has 0 bridgehead atoms. The van der Waals surface area contributed by atoms with Crippen molar-refractivity contribution in [2.45, 2.75) is 6.10 Å². The van der Waals surface area contributed by atoms with Gasteiger partial charge >= 0.3 is 11.8 Å². The van der Waals surface area contributed by atoms with Crippen LogP contribution in [0.1, 0.15) is 11.0 Å². The second-order valence-corrected chi connectivity index (χ2v) is 5.96. The fraction of sp³-hybridized carbons (Fsp3) is 0.200. The van der Waals surface area contributed by atoms with Crippen LogP contribution >= 0.6 is 22.9 Å². The van der Waals surface area contributed by atoms with Gasteiger partial charge in [0.2, 0.25) is 0 Å². The highest BCUT2D eigenvalue weighted by molar-refractivity contribution is 7.10. The van der Waals surface area contributed by atoms with E-state index in [1.54, 1.807) is 24.3 Å². The van der Waals surface area contributed by atoms with Crippen molar-refractivity contribution in [3.63, 3.8) is 0 Å². The number of rotatable bonds is 5. The van der Waals surface area contributed by atoms with E-state index in [0.29, 0.717) is 21.3 Å². The van der Waals surface area contributed by atoms with Crippen LogP contribution < -0.4 is 15.4 Å². The van der Waals surface area contributed by atoms with Gasteiger partial charge in [0.25, 0.3) is 0 Å². The molecule has 3 N–H and O–H groups in total. The SMILES string of the molecule is COc1ccc(Cl)cc1NC(=O)C(=O)NCC(O)c1cccs1. The van der Waals surface area contributed by atoms with E-state index in [0.717, 1.165) is 0 Å². The first-order valence-electron chi connectivity index (χ1n) is 6.65. The number of hydrogen-bond acceptors (Lipinski definition) is 5. The van der Waals surface area contributed by atoms with E-state index in [-0.39, 0.29) is 6.54 Å². The molecule has 122 valence electrons. The van der Waals surface area contributed by atoms with Crippen molar-refractivity contribution >= 4 is 40.4 Å². The zero-order valence-electron chi connectivity index (χ0n) is 12.2. The number of aliphatic hydroxyl groups excluding tert-OH is 1. The Bertz CT molecular complexity index is 691. The summed E-state index contributed by atoms with van der Waals surface area (Å²) in [6.07, 6.45) is -0.854. The van der Waals surface area contributed by atoms with Gasteiger partial charge in [0.05, 0.1) is 12.8 Å². The highest BCUT2D eigenvalue weighted by Crippen LogP contribution is 2.27. The average Bonchev–Trinajstić information content (AvgIpc) is 3.07. The van der Waals surface area contributed by atoms with Gasteiger partial charge in [-0.1, -0.05) is 17.7 Å². The van der Waals surface area contributed by atoms with Crippen molar-refractivity contribution < 1.29 is 19.4 Å². The van der Waals surface area contributed by atoms with Crippen molar-refractivity contribution in [2.24, 2.45) is 0 Å². The van der Waals surface area contributed by atoms with Crippen LogP contribution in [0.15, 0.2) is 35.7 Å². The molecule has 0 aliphatic heterocycles. The highest BCUT2D eigenvalue weighted by atomic mass is 35.5. The van der Waals surface area contributed by atoms with E-state index in [4.69, 9.17) is 16.3 Å². The zero-order chi connectivity index (χ0) is 16.8. The third-order valence-electron chi connectivity index (χ3n) is 2.94. The minimum absolute atomic E-state index is 0.0561. The normalized spacial score (nSPS) is 11.6. The second-order valence-electron chi connectivity index (χ2n) is 4.54. The van der Waals surface area contributed by atoms with Gasteiger partial charge in [-0.3, -0.25) is 9.59 Å². The number of carbonyl (C=O) groups is 2. The van der Waals surface area contributed by atoms with Crippen LogP contribution in [0.5, 0.6) is 5.75 Å². The molecule has 8 heteroatoms. The van der Waals surface area contributed by atoms with Crippen LogP contribution in [0.25, 0.3) is 0 Å². The van der Waals surface area contributed by atoms with E-state index >= 15 is 0 Å². The molecule has 0 saturated heterocycles. The zero-order valence-corrected chi connectivity index (χ0v) is 13.8. The number of hydrogen-bond donors (Lipinski definition) is 3. The quantitative estimate of drug-likeness (QED) is 0.718. The van der Waals surface area contributed by atoms with Gasteiger partial charge < -0.3 is 20.5 Å². The van der Waals surface area contributed by atoms with Crippen LogP contribution in [0.3, 0.4) is 0 Å². The summed E-state index contributed by atoms with van der Waals surface area (Å²) in [6.45, 7) is -0.0561. The number of thiophene rings is 1. The van der Waals surface area contributed by atoms with Gasteiger partial charge in [-0.2, -0.15) is 0 Å². The maximum absolute atomic E-state index is 11.9. The fourth-order valence-electron chi connectivity index (χ4n) is 1.81. The molecule has 0 spiro atoms. The monoisotopic (exact) mass is 354 g/mol. The van der Waals surface area contributed by atoms with Crippen LogP contribution in [-0.2, 0) is 9.59 Å². The minimum Gasteiger partial charge on any atom is -0.495 e. The Hall–Kier alpha value is -2.09. The topological polar surface area (TPSA) is 87.7 Å². The Morgan fingerprint density at radius 1 is 1.35 bits per heavy atom. The molecule has 1 unspecified atom stereocenters. The van der Waals surface area contributed by atoms with Crippen molar-refractivity contribution in [1.82, 2.24) is 5.32 Å². The average molecular weight is 355 g/mol. The molecule has 0 saturated carbocycles. The maximum atomic E-state index is 11.9. The van der Waals surface area contributed by atoms with Crippen LogP contribution in [0.4, 0.5) is 5.69 Å². The van der Waals surface area contributed by atoms with Gasteiger partial charge in [-0.05, 0) is 29.6 Å².